The summed E-state index contributed by atoms with van der Waals surface area (Å²) in [6.07, 6.45) is 1.13. The molecule has 1 heterocycles. The van der Waals surface area contributed by atoms with Crippen molar-refractivity contribution in [1.82, 2.24) is 4.98 Å². The van der Waals surface area contributed by atoms with Crippen LogP contribution < -0.4 is 0 Å². The molecular weight excluding hydrogens is 170 g/mol. The SMILES string of the molecule is CCC(C)c1sc(CO)nc1C. The molecule has 0 radical (unpaired) electrons. The zero-order chi connectivity index (χ0) is 9.14. The van der Waals surface area contributed by atoms with Crippen LogP contribution in [0.25, 0.3) is 0 Å². The van der Waals surface area contributed by atoms with Gasteiger partial charge in [0.05, 0.1) is 12.3 Å². The largest absolute Gasteiger partial charge is 0.389 e. The van der Waals surface area contributed by atoms with Gasteiger partial charge in [0.2, 0.25) is 0 Å². The van der Waals surface area contributed by atoms with Crippen LogP contribution in [-0.4, -0.2) is 10.1 Å². The fourth-order valence-electron chi connectivity index (χ4n) is 1.18. The van der Waals surface area contributed by atoms with Crippen molar-refractivity contribution in [3.05, 3.63) is 15.6 Å². The van der Waals surface area contributed by atoms with Crippen LogP contribution in [0.2, 0.25) is 0 Å². The molecule has 1 N–H and O–H groups in total. The average Bonchev–Trinajstić information content (AvgIpc) is 2.45. The van der Waals surface area contributed by atoms with Gasteiger partial charge in [0.25, 0.3) is 0 Å². The van der Waals surface area contributed by atoms with Gasteiger partial charge in [0, 0.05) is 4.88 Å². The number of hydrogen-bond donors (Lipinski definition) is 1. The maximum atomic E-state index is 8.88. The highest BCUT2D eigenvalue weighted by Gasteiger charge is 2.11. The number of hydrogen-bond acceptors (Lipinski definition) is 3. The third-order valence-corrected chi connectivity index (χ3v) is 3.45. The molecule has 0 spiro atoms. The van der Waals surface area contributed by atoms with Gasteiger partial charge in [0.1, 0.15) is 5.01 Å². The van der Waals surface area contributed by atoms with Crippen LogP contribution in [-0.2, 0) is 6.61 Å². The van der Waals surface area contributed by atoms with E-state index in [0.29, 0.717) is 5.92 Å². The number of nitrogens with zero attached hydrogens (tertiary/aromatic N) is 1. The minimum absolute atomic E-state index is 0.0714. The summed E-state index contributed by atoms with van der Waals surface area (Å²) in [7, 11) is 0. The minimum atomic E-state index is 0.0714. The van der Waals surface area contributed by atoms with E-state index in [-0.39, 0.29) is 6.61 Å². The molecule has 68 valence electrons. The molecule has 1 unspecified atom stereocenters. The summed E-state index contributed by atoms with van der Waals surface area (Å²) in [5, 5.41) is 9.71. The van der Waals surface area contributed by atoms with Crippen molar-refractivity contribution in [3.63, 3.8) is 0 Å². The first-order valence-corrected chi connectivity index (χ1v) is 5.07. The van der Waals surface area contributed by atoms with Gasteiger partial charge < -0.3 is 5.11 Å². The number of aryl methyl sites for hydroxylation is 1. The standard InChI is InChI=1S/C9H15NOS/c1-4-6(2)9-7(3)10-8(5-11)12-9/h6,11H,4-5H2,1-3H3. The molecule has 3 heteroatoms. The van der Waals surface area contributed by atoms with Crippen molar-refractivity contribution >= 4 is 11.3 Å². The molecular formula is C9H15NOS. The molecule has 0 aromatic carbocycles. The van der Waals surface area contributed by atoms with Crippen molar-refractivity contribution in [2.24, 2.45) is 0 Å². The fraction of sp³-hybridized carbons (Fsp3) is 0.667. The van der Waals surface area contributed by atoms with Crippen molar-refractivity contribution in [2.45, 2.75) is 39.7 Å². The quantitative estimate of drug-likeness (QED) is 0.784. The minimum Gasteiger partial charge on any atom is -0.389 e. The van der Waals surface area contributed by atoms with Crippen LogP contribution >= 0.6 is 11.3 Å². The lowest BCUT2D eigenvalue weighted by molar-refractivity contribution is 0.281. The number of aliphatic hydroxyl groups excluding tert-OH is 1. The highest BCUT2D eigenvalue weighted by Crippen LogP contribution is 2.28. The van der Waals surface area contributed by atoms with Crippen molar-refractivity contribution in [2.75, 3.05) is 0 Å². The van der Waals surface area contributed by atoms with E-state index in [1.54, 1.807) is 11.3 Å². The van der Waals surface area contributed by atoms with Crippen molar-refractivity contribution < 1.29 is 5.11 Å². The van der Waals surface area contributed by atoms with E-state index >= 15 is 0 Å². The molecule has 0 aliphatic carbocycles. The number of aliphatic hydroxyl groups is 1. The third-order valence-electron chi connectivity index (χ3n) is 2.07. The summed E-state index contributed by atoms with van der Waals surface area (Å²) in [5.41, 5.74) is 1.08. The van der Waals surface area contributed by atoms with Crippen LogP contribution in [0.4, 0.5) is 0 Å². The monoisotopic (exact) mass is 185 g/mol. The molecule has 1 atom stereocenters. The first kappa shape index (κ1) is 9.68. The maximum Gasteiger partial charge on any atom is 0.119 e. The van der Waals surface area contributed by atoms with Crippen LogP contribution in [0.3, 0.4) is 0 Å². The summed E-state index contributed by atoms with van der Waals surface area (Å²) in [5.74, 6) is 0.572. The van der Waals surface area contributed by atoms with E-state index in [1.807, 2.05) is 6.92 Å². The van der Waals surface area contributed by atoms with Gasteiger partial charge in [-0.15, -0.1) is 11.3 Å². The normalized spacial score (nSPS) is 13.3. The molecule has 1 rings (SSSR count). The lowest BCUT2D eigenvalue weighted by Gasteiger charge is -2.04. The molecule has 0 aliphatic heterocycles. The Morgan fingerprint density at radius 3 is 2.67 bits per heavy atom. The summed E-state index contributed by atoms with van der Waals surface area (Å²) in [6.45, 7) is 6.45. The predicted octanol–water partition coefficient (Wildman–Crippen LogP) is 2.46. The Morgan fingerprint density at radius 2 is 2.25 bits per heavy atom. The van der Waals surface area contributed by atoms with E-state index in [0.717, 1.165) is 17.1 Å². The highest BCUT2D eigenvalue weighted by molar-refractivity contribution is 7.11. The summed E-state index contributed by atoms with van der Waals surface area (Å²) < 4.78 is 0. The summed E-state index contributed by atoms with van der Waals surface area (Å²) in [4.78, 5) is 5.59. The Morgan fingerprint density at radius 1 is 1.58 bits per heavy atom. The lowest BCUT2D eigenvalue weighted by Crippen LogP contribution is -1.89. The zero-order valence-electron chi connectivity index (χ0n) is 7.79. The van der Waals surface area contributed by atoms with Crippen LogP contribution in [0.1, 0.15) is 41.8 Å². The molecule has 0 amide bonds. The van der Waals surface area contributed by atoms with Gasteiger partial charge in [-0.05, 0) is 19.3 Å². The zero-order valence-corrected chi connectivity index (χ0v) is 8.61. The molecule has 0 bridgehead atoms. The Kier molecular flexibility index (Phi) is 3.23. The Labute approximate surface area is 77.3 Å². The van der Waals surface area contributed by atoms with Crippen LogP contribution in [0.5, 0.6) is 0 Å². The molecule has 0 saturated heterocycles. The van der Waals surface area contributed by atoms with Gasteiger partial charge in [-0.3, -0.25) is 0 Å². The number of thiazole rings is 1. The topological polar surface area (TPSA) is 33.1 Å². The average molecular weight is 185 g/mol. The molecule has 1 aromatic rings. The Hall–Kier alpha value is -0.410. The van der Waals surface area contributed by atoms with Crippen molar-refractivity contribution in [3.8, 4) is 0 Å². The molecule has 1 aromatic heterocycles. The lowest BCUT2D eigenvalue weighted by atomic mass is 10.1. The number of aromatic nitrogens is 1. The predicted molar refractivity (Wildman–Crippen MR) is 51.5 cm³/mol. The van der Waals surface area contributed by atoms with Crippen molar-refractivity contribution in [1.29, 1.82) is 0 Å². The Bertz CT molecular complexity index is 257. The Balaban J connectivity index is 2.91. The van der Waals surface area contributed by atoms with E-state index in [1.165, 1.54) is 4.88 Å². The number of rotatable bonds is 3. The summed E-state index contributed by atoms with van der Waals surface area (Å²) in [6, 6.07) is 0. The van der Waals surface area contributed by atoms with Gasteiger partial charge in [-0.1, -0.05) is 13.8 Å². The third kappa shape index (κ3) is 1.84. The fourth-order valence-corrected chi connectivity index (χ4v) is 2.24. The van der Waals surface area contributed by atoms with Crippen LogP contribution in [0, 0.1) is 6.92 Å². The van der Waals surface area contributed by atoms with E-state index in [2.05, 4.69) is 18.8 Å². The first-order chi connectivity index (χ1) is 5.69. The van der Waals surface area contributed by atoms with Gasteiger partial charge >= 0.3 is 0 Å². The molecule has 0 saturated carbocycles. The molecule has 0 fully saturated rings. The van der Waals surface area contributed by atoms with E-state index < -0.39 is 0 Å². The molecule has 12 heavy (non-hydrogen) atoms. The second-order valence-corrected chi connectivity index (χ2v) is 4.14. The van der Waals surface area contributed by atoms with Gasteiger partial charge in [0.15, 0.2) is 0 Å². The van der Waals surface area contributed by atoms with Gasteiger partial charge in [-0.25, -0.2) is 4.98 Å². The maximum absolute atomic E-state index is 8.88. The smallest absolute Gasteiger partial charge is 0.119 e. The molecule has 0 aliphatic rings. The summed E-state index contributed by atoms with van der Waals surface area (Å²) >= 11 is 1.63. The molecule has 2 nitrogen and oxygen atoms in total. The van der Waals surface area contributed by atoms with Gasteiger partial charge in [-0.2, -0.15) is 0 Å². The first-order valence-electron chi connectivity index (χ1n) is 4.26. The second-order valence-electron chi connectivity index (χ2n) is 3.02. The van der Waals surface area contributed by atoms with Crippen LogP contribution in [0.15, 0.2) is 0 Å². The second kappa shape index (κ2) is 4.01. The van der Waals surface area contributed by atoms with E-state index in [4.69, 9.17) is 5.11 Å². The van der Waals surface area contributed by atoms with E-state index in [9.17, 15) is 0 Å². The highest BCUT2D eigenvalue weighted by atomic mass is 32.1.